The van der Waals surface area contributed by atoms with Crippen molar-refractivity contribution in [3.63, 3.8) is 0 Å². The minimum Gasteiger partial charge on any atom is -0.497 e. The van der Waals surface area contributed by atoms with Crippen LogP contribution in [0.5, 0.6) is 5.75 Å². The van der Waals surface area contributed by atoms with Gasteiger partial charge in [-0.1, -0.05) is 31.0 Å². The Morgan fingerprint density at radius 3 is 2.79 bits per heavy atom. The molecule has 3 heterocycles. The Morgan fingerprint density at radius 1 is 1.09 bits per heavy atom. The number of aryl methyl sites for hydroxylation is 1. The first-order chi connectivity index (χ1) is 16.7. The Morgan fingerprint density at radius 2 is 1.94 bits per heavy atom. The molecular formula is C26H28N6O2. The Balaban J connectivity index is 1.57. The number of anilines is 1. The Labute approximate surface area is 197 Å². The molecule has 6 rings (SSSR count). The maximum absolute atomic E-state index is 13.5. The van der Waals surface area contributed by atoms with Crippen LogP contribution in [0.15, 0.2) is 53.3 Å². The molecule has 1 N–H and O–H groups in total. The summed E-state index contributed by atoms with van der Waals surface area (Å²) in [7, 11) is 1.65. The molecule has 2 aromatic heterocycles. The summed E-state index contributed by atoms with van der Waals surface area (Å²) < 4.78 is 7.41. The summed E-state index contributed by atoms with van der Waals surface area (Å²) >= 11 is 0. The molecule has 0 radical (unpaired) electrons. The zero-order valence-electron chi connectivity index (χ0n) is 19.3. The molecule has 1 atom stereocenters. The van der Waals surface area contributed by atoms with Crippen molar-refractivity contribution in [2.45, 2.75) is 50.6 Å². The van der Waals surface area contributed by atoms with Crippen LogP contribution in [0.3, 0.4) is 0 Å². The van der Waals surface area contributed by atoms with Crippen molar-refractivity contribution in [3.8, 4) is 5.75 Å². The fraction of sp³-hybridized carbons (Fsp3) is 0.385. The Hall–Kier alpha value is -3.68. The van der Waals surface area contributed by atoms with Crippen molar-refractivity contribution in [3.05, 3.63) is 75.8 Å². The van der Waals surface area contributed by atoms with Crippen LogP contribution in [-0.2, 0) is 6.42 Å². The molecule has 8 heteroatoms. The molecule has 34 heavy (non-hydrogen) atoms. The van der Waals surface area contributed by atoms with Crippen LogP contribution < -0.4 is 15.2 Å². The first-order valence-electron chi connectivity index (χ1n) is 12.1. The van der Waals surface area contributed by atoms with Gasteiger partial charge in [0.25, 0.3) is 5.56 Å². The lowest BCUT2D eigenvalue weighted by atomic mass is 9.96. The maximum atomic E-state index is 13.5. The quantitative estimate of drug-likeness (QED) is 0.485. The number of benzene rings is 2. The number of nitrogens with zero attached hydrogens (tertiary/aromatic N) is 5. The van der Waals surface area contributed by atoms with Gasteiger partial charge in [0.1, 0.15) is 11.8 Å². The first kappa shape index (κ1) is 20.9. The fourth-order valence-corrected chi connectivity index (χ4v) is 5.60. The third-order valence-electron chi connectivity index (χ3n) is 7.27. The second-order valence-electron chi connectivity index (χ2n) is 9.26. The van der Waals surface area contributed by atoms with Crippen LogP contribution in [0.25, 0.3) is 10.9 Å². The van der Waals surface area contributed by atoms with Gasteiger partial charge >= 0.3 is 0 Å². The van der Waals surface area contributed by atoms with Crippen molar-refractivity contribution in [2.24, 2.45) is 0 Å². The summed E-state index contributed by atoms with van der Waals surface area (Å²) in [6, 6.07) is 16.0. The molecule has 0 bridgehead atoms. The number of fused-ring (bicyclic) bond motifs is 2. The molecule has 2 aliphatic rings. The maximum Gasteiger partial charge on any atom is 0.254 e. The van der Waals surface area contributed by atoms with E-state index < -0.39 is 6.04 Å². The molecule has 0 unspecified atom stereocenters. The minimum atomic E-state index is -0.392. The number of aromatic nitrogens is 5. The van der Waals surface area contributed by atoms with Crippen LogP contribution in [-0.4, -0.2) is 38.8 Å². The van der Waals surface area contributed by atoms with E-state index in [9.17, 15) is 4.79 Å². The van der Waals surface area contributed by atoms with Gasteiger partial charge in [-0.3, -0.25) is 4.79 Å². The normalized spacial score (nSPS) is 17.1. The van der Waals surface area contributed by atoms with Gasteiger partial charge in [0.15, 0.2) is 5.82 Å². The van der Waals surface area contributed by atoms with E-state index in [-0.39, 0.29) is 11.6 Å². The average Bonchev–Trinajstić information content (AvgIpc) is 3.57. The highest BCUT2D eigenvalue weighted by Crippen LogP contribution is 2.39. The van der Waals surface area contributed by atoms with Gasteiger partial charge in [-0.05, 0) is 72.0 Å². The van der Waals surface area contributed by atoms with Crippen LogP contribution in [0, 0.1) is 0 Å². The van der Waals surface area contributed by atoms with Crippen molar-refractivity contribution < 1.29 is 4.74 Å². The zero-order valence-corrected chi connectivity index (χ0v) is 19.3. The van der Waals surface area contributed by atoms with Crippen molar-refractivity contribution >= 4 is 16.6 Å². The molecule has 4 aromatic rings. The van der Waals surface area contributed by atoms with E-state index in [1.54, 1.807) is 7.11 Å². The molecule has 0 spiro atoms. The number of ether oxygens (including phenoxy) is 1. The third kappa shape index (κ3) is 3.54. The standard InChI is InChI=1S/C26H28N6O2/c1-34-20-12-13-22-18(15-20)16-21(26(33)27-22)24(25-28-29-30-32(25)19-9-3-4-10-19)31-14-6-8-17-7-2-5-11-23(17)31/h2,5,7,11-13,15-16,19,24H,3-4,6,8-10,14H2,1H3,(H,27,33)/t24-/m1/s1. The summed E-state index contributed by atoms with van der Waals surface area (Å²) in [6.07, 6.45) is 6.52. The highest BCUT2D eigenvalue weighted by atomic mass is 16.5. The van der Waals surface area contributed by atoms with Crippen LogP contribution >= 0.6 is 0 Å². The molecule has 1 aliphatic carbocycles. The van der Waals surface area contributed by atoms with Gasteiger partial charge in [0.05, 0.1) is 13.2 Å². The van der Waals surface area contributed by atoms with Crippen molar-refractivity contribution in [2.75, 3.05) is 18.6 Å². The molecule has 1 aliphatic heterocycles. The van der Waals surface area contributed by atoms with Crippen LogP contribution in [0.4, 0.5) is 5.69 Å². The number of methoxy groups -OCH3 is 1. The number of nitrogens with one attached hydrogen (secondary N) is 1. The van der Waals surface area contributed by atoms with Crippen molar-refractivity contribution in [1.82, 2.24) is 25.2 Å². The van der Waals surface area contributed by atoms with Gasteiger partial charge in [-0.15, -0.1) is 5.10 Å². The van der Waals surface area contributed by atoms with Gasteiger partial charge < -0.3 is 14.6 Å². The highest BCUT2D eigenvalue weighted by molar-refractivity contribution is 5.81. The number of rotatable bonds is 5. The molecule has 1 fully saturated rings. The first-order valence-corrected chi connectivity index (χ1v) is 12.1. The summed E-state index contributed by atoms with van der Waals surface area (Å²) in [5.41, 5.74) is 3.74. The fourth-order valence-electron chi connectivity index (χ4n) is 5.60. The number of pyridine rings is 1. The lowest BCUT2D eigenvalue weighted by Crippen LogP contribution is -2.38. The number of hydrogen-bond acceptors (Lipinski definition) is 6. The summed E-state index contributed by atoms with van der Waals surface area (Å²) in [4.78, 5) is 18.9. The van der Waals surface area contributed by atoms with Gasteiger partial charge in [0, 0.05) is 28.7 Å². The number of hydrogen-bond donors (Lipinski definition) is 1. The van der Waals surface area contributed by atoms with Gasteiger partial charge in [-0.25, -0.2) is 4.68 Å². The summed E-state index contributed by atoms with van der Waals surface area (Å²) in [6.45, 7) is 0.828. The lowest BCUT2D eigenvalue weighted by Gasteiger charge is -2.37. The molecule has 1 saturated carbocycles. The van der Waals surface area contributed by atoms with E-state index in [2.05, 4.69) is 49.7 Å². The Kier molecular flexibility index (Phi) is 5.28. The van der Waals surface area contributed by atoms with Crippen LogP contribution in [0.2, 0.25) is 0 Å². The second kappa shape index (κ2) is 8.59. The molecule has 8 nitrogen and oxygen atoms in total. The van der Waals surface area contributed by atoms with E-state index in [4.69, 9.17) is 4.74 Å². The smallest absolute Gasteiger partial charge is 0.254 e. The molecule has 0 amide bonds. The monoisotopic (exact) mass is 456 g/mol. The van der Waals surface area contributed by atoms with Gasteiger partial charge in [-0.2, -0.15) is 0 Å². The second-order valence-corrected chi connectivity index (χ2v) is 9.26. The summed E-state index contributed by atoms with van der Waals surface area (Å²) in [5, 5.41) is 13.9. The van der Waals surface area contributed by atoms with Crippen LogP contribution in [0.1, 0.15) is 61.1 Å². The molecule has 2 aromatic carbocycles. The zero-order chi connectivity index (χ0) is 23.1. The SMILES string of the molecule is COc1ccc2[nH]c(=O)c([C@H](c3nnnn3C3CCCC3)N3CCCc4ccccc43)cc2c1. The van der Waals surface area contributed by atoms with E-state index >= 15 is 0 Å². The van der Waals surface area contributed by atoms with E-state index in [0.717, 1.165) is 60.4 Å². The molecule has 174 valence electrons. The predicted octanol–water partition coefficient (Wildman–Crippen LogP) is 4.18. The highest BCUT2D eigenvalue weighted by Gasteiger charge is 2.35. The third-order valence-corrected chi connectivity index (χ3v) is 7.27. The average molecular weight is 457 g/mol. The van der Waals surface area contributed by atoms with E-state index in [1.807, 2.05) is 28.9 Å². The van der Waals surface area contributed by atoms with Gasteiger partial charge in [0.2, 0.25) is 0 Å². The molecule has 0 saturated heterocycles. The van der Waals surface area contributed by atoms with E-state index in [0.29, 0.717) is 5.56 Å². The number of tetrazole rings is 1. The number of para-hydroxylation sites is 1. The minimum absolute atomic E-state index is 0.119. The lowest BCUT2D eigenvalue weighted by molar-refractivity contribution is 0.415. The Bertz CT molecular complexity index is 1390. The topological polar surface area (TPSA) is 88.9 Å². The largest absolute Gasteiger partial charge is 0.497 e. The predicted molar refractivity (Wildman–Crippen MR) is 130 cm³/mol. The number of H-pyrrole nitrogens is 1. The molecular weight excluding hydrogens is 428 g/mol. The summed E-state index contributed by atoms with van der Waals surface area (Å²) in [5.74, 6) is 1.48. The van der Waals surface area contributed by atoms with E-state index in [1.165, 1.54) is 18.4 Å². The van der Waals surface area contributed by atoms with Crippen molar-refractivity contribution in [1.29, 1.82) is 0 Å². The number of aromatic amines is 1.